The number of Topliss-reactive ketones (excluding diaryl/α,β-unsaturated/α-hetero) is 2. The predicted octanol–water partition coefficient (Wildman–Crippen LogP) is 6.60. The molecule has 0 spiro atoms. The van der Waals surface area contributed by atoms with Crippen LogP contribution in [0.4, 0.5) is 0 Å². The average molecular weight is 520 g/mol. The smallest absolute Gasteiger partial charge is 0.323 e. The van der Waals surface area contributed by atoms with Crippen LogP contribution in [0.1, 0.15) is 107 Å². The molecule has 2 rings (SSSR count). The molecule has 0 aromatic carbocycles. The first-order valence-electron chi connectivity index (χ1n) is 13.5. The van der Waals surface area contributed by atoms with Crippen LogP contribution < -0.4 is 5.32 Å². The Hall–Kier alpha value is -1.40. The zero-order valence-electron chi connectivity index (χ0n) is 24.1. The third-order valence-corrected chi connectivity index (χ3v) is 9.40. The van der Waals surface area contributed by atoms with E-state index in [1.54, 1.807) is 25.6 Å². The minimum atomic E-state index is -0.565. The number of hydrogen-bond donors (Lipinski definition) is 1. The highest BCUT2D eigenvalue weighted by atomic mass is 32.2. The summed E-state index contributed by atoms with van der Waals surface area (Å²) >= 11 is 1.68. The molecule has 3 atom stereocenters. The fourth-order valence-corrected chi connectivity index (χ4v) is 8.28. The first-order chi connectivity index (χ1) is 16.7. The van der Waals surface area contributed by atoms with E-state index in [1.807, 2.05) is 0 Å². The Morgan fingerprint density at radius 3 is 1.83 bits per heavy atom. The Morgan fingerprint density at radius 2 is 1.39 bits per heavy atom. The van der Waals surface area contributed by atoms with Crippen molar-refractivity contribution in [1.82, 2.24) is 5.32 Å². The average Bonchev–Trinajstić information content (AvgIpc) is 2.73. The molecule has 0 amide bonds. The molecular weight excluding hydrogens is 470 g/mol. The molecule has 36 heavy (non-hydrogen) atoms. The van der Waals surface area contributed by atoms with Gasteiger partial charge in [0.1, 0.15) is 17.6 Å². The number of nitrogens with one attached hydrogen (secondary N) is 1. The number of allylic oxidation sites excluding steroid dienone is 2. The van der Waals surface area contributed by atoms with E-state index >= 15 is 0 Å². The Labute approximate surface area is 223 Å². The highest BCUT2D eigenvalue weighted by Gasteiger charge is 2.38. The molecule has 0 aromatic heterocycles. The maximum Gasteiger partial charge on any atom is 0.323 e. The zero-order valence-corrected chi connectivity index (χ0v) is 25.0. The number of ketones is 2. The summed E-state index contributed by atoms with van der Waals surface area (Å²) in [6.07, 6.45) is 7.38. The molecule has 5 nitrogen and oxygen atoms in total. The van der Waals surface area contributed by atoms with Gasteiger partial charge < -0.3 is 4.74 Å². The van der Waals surface area contributed by atoms with Gasteiger partial charge in [-0.3, -0.25) is 19.7 Å². The highest BCUT2D eigenvalue weighted by Crippen LogP contribution is 2.46. The van der Waals surface area contributed by atoms with E-state index in [-0.39, 0.29) is 39.7 Å². The summed E-state index contributed by atoms with van der Waals surface area (Å²) in [5.41, 5.74) is 5.33. The predicted molar refractivity (Wildman–Crippen MR) is 150 cm³/mol. The molecule has 1 N–H and O–H groups in total. The Kier molecular flexibility index (Phi) is 11.0. The minimum absolute atomic E-state index is 0.0325. The van der Waals surface area contributed by atoms with E-state index in [4.69, 9.17) is 4.74 Å². The third-order valence-electron chi connectivity index (χ3n) is 8.07. The second kappa shape index (κ2) is 12.9. The second-order valence-corrected chi connectivity index (χ2v) is 13.5. The molecule has 204 valence electrons. The number of carbonyl (C=O) groups excluding carboxylic acids is 3. The monoisotopic (exact) mass is 519 g/mol. The van der Waals surface area contributed by atoms with Crippen LogP contribution in [-0.4, -0.2) is 47.7 Å². The van der Waals surface area contributed by atoms with Gasteiger partial charge in [-0.1, -0.05) is 44.4 Å². The van der Waals surface area contributed by atoms with Crippen LogP contribution >= 0.6 is 11.8 Å². The maximum absolute atomic E-state index is 13.0. The van der Waals surface area contributed by atoms with Crippen LogP contribution in [0.15, 0.2) is 22.3 Å². The lowest BCUT2D eigenvalue weighted by Gasteiger charge is -2.41. The van der Waals surface area contributed by atoms with Crippen molar-refractivity contribution in [1.29, 1.82) is 0 Å². The molecule has 0 aliphatic heterocycles. The number of thioether (sulfide) groups is 1. The fraction of sp³-hybridized carbons (Fsp3) is 0.767. The van der Waals surface area contributed by atoms with Crippen molar-refractivity contribution in [2.75, 3.05) is 12.9 Å². The number of hydrogen-bond acceptors (Lipinski definition) is 6. The molecule has 2 aliphatic rings. The molecule has 0 saturated heterocycles. The summed E-state index contributed by atoms with van der Waals surface area (Å²) in [7, 11) is 1.42. The lowest BCUT2D eigenvalue weighted by atomic mass is 9.69. The van der Waals surface area contributed by atoms with E-state index in [0.717, 1.165) is 32.1 Å². The first kappa shape index (κ1) is 30.8. The van der Waals surface area contributed by atoms with E-state index in [2.05, 4.69) is 46.9 Å². The van der Waals surface area contributed by atoms with Gasteiger partial charge in [-0.2, -0.15) is 11.8 Å². The van der Waals surface area contributed by atoms with Crippen molar-refractivity contribution in [3.63, 3.8) is 0 Å². The normalized spacial score (nSPS) is 22.1. The van der Waals surface area contributed by atoms with Gasteiger partial charge in [-0.25, -0.2) is 0 Å². The van der Waals surface area contributed by atoms with E-state index in [9.17, 15) is 14.4 Å². The Balaban J connectivity index is 2.36. The largest absolute Gasteiger partial charge is 0.468 e. The summed E-state index contributed by atoms with van der Waals surface area (Å²) in [5, 5.41) is 3.59. The van der Waals surface area contributed by atoms with Crippen LogP contribution in [0.25, 0.3) is 0 Å². The molecule has 0 saturated carbocycles. The van der Waals surface area contributed by atoms with Gasteiger partial charge in [0.15, 0.2) is 0 Å². The van der Waals surface area contributed by atoms with Gasteiger partial charge in [-0.05, 0) is 82.6 Å². The zero-order chi connectivity index (χ0) is 27.3. The number of methoxy groups -OCH3 is 1. The topological polar surface area (TPSA) is 72.5 Å². The molecule has 0 fully saturated rings. The van der Waals surface area contributed by atoms with Gasteiger partial charge in [0.25, 0.3) is 0 Å². The fourth-order valence-electron chi connectivity index (χ4n) is 6.58. The van der Waals surface area contributed by atoms with Gasteiger partial charge in [0, 0.05) is 29.9 Å². The van der Waals surface area contributed by atoms with Crippen molar-refractivity contribution in [3.8, 4) is 0 Å². The van der Waals surface area contributed by atoms with Crippen LogP contribution in [0.3, 0.4) is 0 Å². The van der Waals surface area contributed by atoms with Crippen molar-refractivity contribution >= 4 is 29.3 Å². The number of carbonyl (C=O) groups is 3. The lowest BCUT2D eigenvalue weighted by molar-refractivity contribution is -0.142. The van der Waals surface area contributed by atoms with Gasteiger partial charge in [0.2, 0.25) is 0 Å². The molecule has 0 bridgehead atoms. The third kappa shape index (κ3) is 8.05. The molecule has 0 heterocycles. The molecule has 3 unspecified atom stereocenters. The number of rotatable bonds is 12. The Bertz CT molecular complexity index is 899. The van der Waals surface area contributed by atoms with Crippen molar-refractivity contribution in [2.45, 2.75) is 124 Å². The summed E-state index contributed by atoms with van der Waals surface area (Å²) in [6.45, 7) is 16.7. The number of esters is 1. The van der Waals surface area contributed by atoms with Crippen LogP contribution in [0.5, 0.6) is 0 Å². The van der Waals surface area contributed by atoms with Crippen molar-refractivity contribution in [3.05, 3.63) is 22.3 Å². The first-order valence-corrected chi connectivity index (χ1v) is 14.6. The molecule has 2 aliphatic carbocycles. The van der Waals surface area contributed by atoms with Crippen molar-refractivity contribution < 1.29 is 19.1 Å². The van der Waals surface area contributed by atoms with Gasteiger partial charge in [-0.15, -0.1) is 0 Å². The summed E-state index contributed by atoms with van der Waals surface area (Å²) < 4.78 is 5.21. The molecular formula is C30H49NO4S. The summed E-state index contributed by atoms with van der Waals surface area (Å²) in [5.74, 6) is 0.428. The van der Waals surface area contributed by atoms with Crippen molar-refractivity contribution in [2.24, 2.45) is 10.8 Å². The van der Waals surface area contributed by atoms with E-state index in [0.29, 0.717) is 18.6 Å². The maximum atomic E-state index is 13.0. The van der Waals surface area contributed by atoms with E-state index < -0.39 is 6.04 Å². The highest BCUT2D eigenvalue weighted by molar-refractivity contribution is 8.00. The quantitative estimate of drug-likeness (QED) is 0.231. The minimum Gasteiger partial charge on any atom is -0.468 e. The molecule has 0 aromatic rings. The van der Waals surface area contributed by atoms with E-state index in [1.165, 1.54) is 35.8 Å². The molecule has 6 heteroatoms. The lowest BCUT2D eigenvalue weighted by Crippen LogP contribution is -2.50. The molecule has 0 radical (unpaired) electrons. The van der Waals surface area contributed by atoms with Gasteiger partial charge in [0.05, 0.1) is 7.11 Å². The number of ether oxygens (including phenoxy) is 1. The summed E-state index contributed by atoms with van der Waals surface area (Å²) in [6, 6.07) is -0.773. The van der Waals surface area contributed by atoms with Crippen LogP contribution in [0, 0.1) is 10.8 Å². The van der Waals surface area contributed by atoms with Crippen LogP contribution in [-0.2, 0) is 19.1 Å². The Morgan fingerprint density at radius 1 is 0.889 bits per heavy atom. The summed E-state index contributed by atoms with van der Waals surface area (Å²) in [4.78, 5) is 37.6. The van der Waals surface area contributed by atoms with Gasteiger partial charge >= 0.3 is 5.97 Å². The standard InChI is InChI=1S/C30H49NO4S/c1-19-12-10-14-29(5,6)26(19)23(16-21(3)32)31-24(28(34)35-9)18-36-25(17-22(4)33)27-20(2)13-11-15-30(27,7)8/h23-25,31H,10-18H2,1-9H3. The SMILES string of the molecule is COC(=O)C(CSC(CC(C)=O)C1=C(C)CCCC1(C)C)NC(CC(C)=O)C1=C(C)CCCC1(C)C. The van der Waals surface area contributed by atoms with Crippen LogP contribution in [0.2, 0.25) is 0 Å². The second-order valence-electron chi connectivity index (χ2n) is 12.3.